The van der Waals surface area contributed by atoms with E-state index in [4.69, 9.17) is 14.2 Å². The van der Waals surface area contributed by atoms with Gasteiger partial charge in [-0.1, -0.05) is 6.07 Å². The van der Waals surface area contributed by atoms with Crippen LogP contribution in [-0.2, 0) is 15.7 Å². The highest BCUT2D eigenvalue weighted by atomic mass is 19.4. The van der Waals surface area contributed by atoms with Crippen LogP contribution >= 0.6 is 0 Å². The molecule has 0 N–H and O–H groups in total. The SMILES string of the molecule is CC1(C)O[C@@H]2[C@@H](Oc3cccc(C(F)(F)F)n3)CN(c3ccnnc3)C[C@@H]2O1. The first-order valence-electron chi connectivity index (χ1n) is 8.79. The zero-order valence-electron chi connectivity index (χ0n) is 15.3. The molecule has 2 aliphatic heterocycles. The molecule has 150 valence electrons. The van der Waals surface area contributed by atoms with E-state index in [0.29, 0.717) is 13.1 Å². The average molecular weight is 396 g/mol. The normalized spacial score (nSPS) is 26.8. The Kier molecular flexibility index (Phi) is 4.62. The second kappa shape index (κ2) is 6.85. The minimum Gasteiger partial charge on any atom is -0.470 e. The predicted octanol–water partition coefficient (Wildman–Crippen LogP) is 2.68. The second-order valence-corrected chi connectivity index (χ2v) is 7.16. The van der Waals surface area contributed by atoms with Crippen LogP contribution in [0.5, 0.6) is 5.88 Å². The van der Waals surface area contributed by atoms with Gasteiger partial charge in [0.25, 0.3) is 0 Å². The summed E-state index contributed by atoms with van der Waals surface area (Å²) in [5.74, 6) is -0.924. The van der Waals surface area contributed by atoms with Gasteiger partial charge in [0.05, 0.1) is 24.6 Å². The molecule has 4 heterocycles. The first kappa shape index (κ1) is 18.9. The quantitative estimate of drug-likeness (QED) is 0.790. The number of hydrogen-bond donors (Lipinski definition) is 0. The van der Waals surface area contributed by atoms with Crippen LogP contribution in [0.4, 0.5) is 18.9 Å². The van der Waals surface area contributed by atoms with Crippen molar-refractivity contribution in [1.82, 2.24) is 15.2 Å². The van der Waals surface area contributed by atoms with Crippen LogP contribution in [0.15, 0.2) is 36.7 Å². The molecule has 0 radical (unpaired) electrons. The van der Waals surface area contributed by atoms with E-state index in [1.54, 1.807) is 32.3 Å². The lowest BCUT2D eigenvalue weighted by Crippen LogP contribution is -2.56. The van der Waals surface area contributed by atoms with Gasteiger partial charge in [0.15, 0.2) is 5.79 Å². The molecule has 0 aliphatic carbocycles. The molecule has 3 atom stereocenters. The monoisotopic (exact) mass is 396 g/mol. The van der Waals surface area contributed by atoms with Gasteiger partial charge in [-0.2, -0.15) is 23.4 Å². The minimum atomic E-state index is -4.54. The van der Waals surface area contributed by atoms with Crippen LogP contribution in [0, 0.1) is 0 Å². The Morgan fingerprint density at radius 2 is 1.96 bits per heavy atom. The molecule has 0 spiro atoms. The number of rotatable bonds is 3. The molecule has 0 saturated carbocycles. The van der Waals surface area contributed by atoms with E-state index in [-0.39, 0.29) is 12.0 Å². The van der Waals surface area contributed by atoms with Gasteiger partial charge in [0.1, 0.15) is 24.0 Å². The van der Waals surface area contributed by atoms with Gasteiger partial charge >= 0.3 is 6.18 Å². The van der Waals surface area contributed by atoms with E-state index < -0.39 is 29.9 Å². The van der Waals surface area contributed by atoms with Crippen molar-refractivity contribution in [3.63, 3.8) is 0 Å². The molecule has 10 heteroatoms. The summed E-state index contributed by atoms with van der Waals surface area (Å²) in [5.41, 5.74) is -0.191. The Morgan fingerprint density at radius 3 is 2.68 bits per heavy atom. The van der Waals surface area contributed by atoms with Gasteiger partial charge in [0.2, 0.25) is 5.88 Å². The van der Waals surface area contributed by atoms with E-state index in [0.717, 1.165) is 11.8 Å². The smallest absolute Gasteiger partial charge is 0.433 e. The predicted molar refractivity (Wildman–Crippen MR) is 91.7 cm³/mol. The fourth-order valence-corrected chi connectivity index (χ4v) is 3.51. The third kappa shape index (κ3) is 3.88. The number of pyridine rings is 1. The number of ether oxygens (including phenoxy) is 3. The molecule has 2 fully saturated rings. The summed E-state index contributed by atoms with van der Waals surface area (Å²) in [6, 6.07) is 5.38. The van der Waals surface area contributed by atoms with Crippen molar-refractivity contribution in [3.8, 4) is 5.88 Å². The summed E-state index contributed by atoms with van der Waals surface area (Å²) in [6.07, 6.45) is -2.68. The Labute approximate surface area is 159 Å². The highest BCUT2D eigenvalue weighted by Crippen LogP contribution is 2.36. The van der Waals surface area contributed by atoms with Crippen molar-refractivity contribution in [3.05, 3.63) is 42.4 Å². The molecule has 7 nitrogen and oxygen atoms in total. The molecular weight excluding hydrogens is 377 g/mol. The summed E-state index contributed by atoms with van der Waals surface area (Å²) >= 11 is 0. The number of anilines is 1. The summed E-state index contributed by atoms with van der Waals surface area (Å²) in [5, 5.41) is 7.65. The van der Waals surface area contributed by atoms with Crippen LogP contribution < -0.4 is 9.64 Å². The average Bonchev–Trinajstić information content (AvgIpc) is 2.96. The number of piperidine rings is 1. The maximum Gasteiger partial charge on any atom is 0.433 e. The van der Waals surface area contributed by atoms with Crippen LogP contribution in [0.25, 0.3) is 0 Å². The number of aromatic nitrogens is 3. The fraction of sp³-hybridized carbons (Fsp3) is 0.500. The van der Waals surface area contributed by atoms with Crippen LogP contribution in [-0.4, -0.2) is 52.4 Å². The maximum absolute atomic E-state index is 13.0. The Balaban J connectivity index is 1.60. The zero-order chi connectivity index (χ0) is 19.9. The van der Waals surface area contributed by atoms with Gasteiger partial charge in [-0.25, -0.2) is 4.98 Å². The molecule has 2 saturated heterocycles. The zero-order valence-corrected chi connectivity index (χ0v) is 15.3. The third-order valence-electron chi connectivity index (χ3n) is 4.61. The maximum atomic E-state index is 13.0. The Morgan fingerprint density at radius 1 is 1.14 bits per heavy atom. The lowest BCUT2D eigenvalue weighted by Gasteiger charge is -2.39. The number of fused-ring (bicyclic) bond motifs is 1. The highest BCUT2D eigenvalue weighted by Gasteiger charge is 2.50. The fourth-order valence-electron chi connectivity index (χ4n) is 3.51. The molecule has 0 aromatic carbocycles. The summed E-state index contributed by atoms with van der Waals surface area (Å²) in [4.78, 5) is 5.59. The van der Waals surface area contributed by atoms with Crippen LogP contribution in [0.2, 0.25) is 0 Å². The van der Waals surface area contributed by atoms with Crippen molar-refractivity contribution in [2.24, 2.45) is 0 Å². The van der Waals surface area contributed by atoms with Crippen molar-refractivity contribution < 1.29 is 27.4 Å². The van der Waals surface area contributed by atoms with Crippen LogP contribution in [0.3, 0.4) is 0 Å². The number of halogens is 3. The number of nitrogens with zero attached hydrogens (tertiary/aromatic N) is 4. The summed E-state index contributed by atoms with van der Waals surface area (Å²) < 4.78 is 56.7. The lowest BCUT2D eigenvalue weighted by atomic mass is 10.0. The van der Waals surface area contributed by atoms with Crippen molar-refractivity contribution in [1.29, 1.82) is 0 Å². The Bertz CT molecular complexity index is 834. The minimum absolute atomic E-state index is 0.110. The molecule has 2 aliphatic rings. The van der Waals surface area contributed by atoms with Gasteiger partial charge in [-0.15, -0.1) is 0 Å². The van der Waals surface area contributed by atoms with Crippen LogP contribution in [0.1, 0.15) is 19.5 Å². The van der Waals surface area contributed by atoms with Crippen molar-refractivity contribution >= 4 is 5.69 Å². The molecule has 4 rings (SSSR count). The van der Waals surface area contributed by atoms with E-state index in [9.17, 15) is 13.2 Å². The molecule has 2 aromatic rings. The molecular formula is C18H19F3N4O3. The summed E-state index contributed by atoms with van der Waals surface area (Å²) in [6.45, 7) is 4.51. The Hall–Kier alpha value is -2.46. The van der Waals surface area contributed by atoms with Crippen molar-refractivity contribution in [2.75, 3.05) is 18.0 Å². The second-order valence-electron chi connectivity index (χ2n) is 7.16. The van der Waals surface area contributed by atoms with E-state index >= 15 is 0 Å². The molecule has 28 heavy (non-hydrogen) atoms. The first-order chi connectivity index (χ1) is 13.2. The highest BCUT2D eigenvalue weighted by molar-refractivity contribution is 5.44. The number of hydrogen-bond acceptors (Lipinski definition) is 7. The van der Waals surface area contributed by atoms with E-state index in [1.165, 1.54) is 12.1 Å². The molecule has 0 bridgehead atoms. The number of alkyl halides is 3. The third-order valence-corrected chi connectivity index (χ3v) is 4.61. The van der Waals surface area contributed by atoms with E-state index in [2.05, 4.69) is 15.2 Å². The van der Waals surface area contributed by atoms with Gasteiger partial charge in [-0.05, 0) is 26.0 Å². The van der Waals surface area contributed by atoms with E-state index in [1.807, 2.05) is 4.90 Å². The van der Waals surface area contributed by atoms with Gasteiger partial charge < -0.3 is 19.1 Å². The topological polar surface area (TPSA) is 69.6 Å². The van der Waals surface area contributed by atoms with Gasteiger partial charge in [-0.3, -0.25) is 0 Å². The largest absolute Gasteiger partial charge is 0.470 e. The lowest BCUT2D eigenvalue weighted by molar-refractivity contribution is -0.151. The van der Waals surface area contributed by atoms with Crippen molar-refractivity contribution in [2.45, 2.75) is 44.1 Å². The molecule has 0 unspecified atom stereocenters. The standard InChI is InChI=1S/C18H19F3N4O3/c1-17(2)27-13-10-25(11-6-7-22-23-8-11)9-12(16(13)28-17)26-15-5-3-4-14(24-15)18(19,20)21/h3-8,12-13,16H,9-10H2,1-2H3/t12-,13-,16+/m0/s1. The molecule has 2 aromatic heterocycles. The summed E-state index contributed by atoms with van der Waals surface area (Å²) in [7, 11) is 0. The first-order valence-corrected chi connectivity index (χ1v) is 8.79. The molecule has 0 amide bonds. The van der Waals surface area contributed by atoms with Gasteiger partial charge in [0, 0.05) is 12.6 Å².